The van der Waals surface area contributed by atoms with E-state index in [2.05, 4.69) is 15.7 Å². The average molecular weight is 525 g/mol. The smallest absolute Gasteiger partial charge is 0.184 e. The van der Waals surface area contributed by atoms with Crippen LogP contribution in [-0.2, 0) is 0 Å². The van der Waals surface area contributed by atoms with Gasteiger partial charge < -0.3 is 38.5 Å². The molecule has 2 aromatic heterocycles. The first-order chi connectivity index (χ1) is 18.1. The van der Waals surface area contributed by atoms with Gasteiger partial charge in [0.25, 0.3) is 0 Å². The lowest BCUT2D eigenvalue weighted by Gasteiger charge is -2.14. The zero-order valence-electron chi connectivity index (χ0n) is 20.8. The molecular weight excluding hydrogens is 496 g/mol. The molecule has 4 rings (SSSR count). The highest BCUT2D eigenvalue weighted by atomic mass is 32.1. The Morgan fingerprint density at radius 2 is 1.22 bits per heavy atom. The van der Waals surface area contributed by atoms with Crippen molar-refractivity contribution in [2.75, 3.05) is 33.8 Å². The Balaban J connectivity index is 0.000000206. The molecule has 194 valence electrons. The van der Waals surface area contributed by atoms with Gasteiger partial charge in [-0.15, -0.1) is 0 Å². The number of furan rings is 2. The number of nitrogens with two attached hydrogens (primary N) is 1. The first-order valence-electron chi connectivity index (χ1n) is 10.9. The second kappa shape index (κ2) is 13.6. The summed E-state index contributed by atoms with van der Waals surface area (Å²) in [4.78, 5) is 4.87. The van der Waals surface area contributed by atoms with Crippen molar-refractivity contribution in [1.82, 2.24) is 5.43 Å². The molecule has 0 aliphatic carbocycles. The summed E-state index contributed by atoms with van der Waals surface area (Å²) in [5, 5.41) is 3.07. The molecule has 0 radical (unpaired) electrons. The number of nitrogens with zero attached hydrogens (tertiary/aromatic N) is 1. The molecule has 0 saturated carbocycles. The minimum Gasteiger partial charge on any atom is -0.494 e. The normalized spacial score (nSPS) is 10.6. The van der Waals surface area contributed by atoms with E-state index in [0.29, 0.717) is 56.7 Å². The van der Waals surface area contributed by atoms with Gasteiger partial charge in [-0.3, -0.25) is 0 Å². The number of thiocarbonyl (C=S) groups is 1. The summed E-state index contributed by atoms with van der Waals surface area (Å²) in [6, 6.07) is 18.0. The van der Waals surface area contributed by atoms with Crippen molar-refractivity contribution >= 4 is 34.4 Å². The number of hydrogen-bond acceptors (Lipinski definition) is 9. The molecule has 0 aliphatic heterocycles. The van der Waals surface area contributed by atoms with Crippen LogP contribution in [0.2, 0.25) is 0 Å². The molecule has 2 heterocycles. The number of hydrogen-bond donors (Lipinski definition) is 3. The van der Waals surface area contributed by atoms with Gasteiger partial charge in [-0.1, -0.05) is 24.4 Å². The van der Waals surface area contributed by atoms with Crippen LogP contribution >= 0.6 is 12.2 Å². The molecule has 0 saturated heterocycles. The summed E-state index contributed by atoms with van der Waals surface area (Å²) in [7, 11) is 6.32. The van der Waals surface area contributed by atoms with E-state index in [9.17, 15) is 0 Å². The topological polar surface area (TPSA) is 126 Å². The zero-order valence-corrected chi connectivity index (χ0v) is 21.6. The van der Waals surface area contributed by atoms with Crippen molar-refractivity contribution in [2.24, 2.45) is 10.8 Å². The molecule has 0 atom stereocenters. The second-order valence-corrected chi connectivity index (χ2v) is 7.47. The highest BCUT2D eigenvalue weighted by molar-refractivity contribution is 7.81. The molecular formula is C26H28N4O6S. The quantitative estimate of drug-likeness (QED) is 0.0961. The molecule has 10 nitrogen and oxygen atoms in total. The fourth-order valence-corrected chi connectivity index (χ4v) is 3.40. The number of rotatable bonds is 8. The van der Waals surface area contributed by atoms with E-state index < -0.39 is 0 Å². The number of aliphatic imine (C=N–C) groups is 1. The van der Waals surface area contributed by atoms with Crippen molar-refractivity contribution in [1.29, 1.82) is 0 Å². The van der Waals surface area contributed by atoms with Crippen molar-refractivity contribution in [2.45, 2.75) is 0 Å². The Morgan fingerprint density at radius 1 is 0.730 bits per heavy atom. The zero-order chi connectivity index (χ0) is 26.6. The summed E-state index contributed by atoms with van der Waals surface area (Å²) < 4.78 is 31.6. The minimum absolute atomic E-state index is 0.382. The SMILES string of the molecule is COc1cccc(OC)c1N=C(NN)c1ccco1.COc1cccc(OC)c1NC(=S)c1ccco1. The van der Waals surface area contributed by atoms with E-state index in [1.807, 2.05) is 24.3 Å². The van der Waals surface area contributed by atoms with Gasteiger partial charge in [0.05, 0.1) is 41.0 Å². The van der Waals surface area contributed by atoms with E-state index in [1.54, 1.807) is 77.4 Å². The van der Waals surface area contributed by atoms with Gasteiger partial charge in [0, 0.05) is 0 Å². The van der Waals surface area contributed by atoms with E-state index in [-0.39, 0.29) is 0 Å². The van der Waals surface area contributed by atoms with Crippen LogP contribution in [0.5, 0.6) is 23.0 Å². The fourth-order valence-electron chi connectivity index (χ4n) is 3.18. The van der Waals surface area contributed by atoms with Crippen LogP contribution in [0.15, 0.2) is 87.0 Å². The fraction of sp³-hybridized carbons (Fsp3) is 0.154. The van der Waals surface area contributed by atoms with Crippen LogP contribution < -0.4 is 35.5 Å². The number of anilines is 1. The number of amidine groups is 1. The number of para-hydroxylation sites is 2. The van der Waals surface area contributed by atoms with Gasteiger partial charge in [-0.25, -0.2) is 10.8 Å². The number of ether oxygens (including phenoxy) is 4. The Labute approximate surface area is 220 Å². The Hall–Kier alpha value is -4.48. The van der Waals surface area contributed by atoms with E-state index in [4.69, 9.17) is 45.8 Å². The Bertz CT molecular complexity index is 1260. The summed E-state index contributed by atoms with van der Waals surface area (Å²) in [6.07, 6.45) is 3.12. The van der Waals surface area contributed by atoms with E-state index in [1.165, 1.54) is 0 Å². The summed E-state index contributed by atoms with van der Waals surface area (Å²) in [5.74, 6) is 9.45. The molecule has 11 heteroatoms. The molecule has 0 fully saturated rings. The molecule has 0 bridgehead atoms. The molecule has 0 spiro atoms. The average Bonchev–Trinajstić information content (AvgIpc) is 3.67. The van der Waals surface area contributed by atoms with Crippen LogP contribution in [0.1, 0.15) is 11.5 Å². The highest BCUT2D eigenvalue weighted by Gasteiger charge is 2.14. The summed E-state index contributed by atoms with van der Waals surface area (Å²) >= 11 is 5.26. The maximum absolute atomic E-state index is 5.47. The Morgan fingerprint density at radius 3 is 1.65 bits per heavy atom. The van der Waals surface area contributed by atoms with Gasteiger partial charge in [-0.2, -0.15) is 0 Å². The van der Waals surface area contributed by atoms with E-state index in [0.717, 1.165) is 0 Å². The lowest BCUT2D eigenvalue weighted by Crippen LogP contribution is -2.30. The van der Waals surface area contributed by atoms with Crippen LogP contribution in [0.3, 0.4) is 0 Å². The largest absolute Gasteiger partial charge is 0.494 e. The summed E-state index contributed by atoms with van der Waals surface area (Å²) in [5.41, 5.74) is 3.72. The molecule has 4 N–H and O–H groups in total. The van der Waals surface area contributed by atoms with Gasteiger partial charge in [0.2, 0.25) is 0 Å². The van der Waals surface area contributed by atoms with Crippen molar-refractivity contribution in [3.05, 3.63) is 84.7 Å². The molecule has 2 aromatic carbocycles. The van der Waals surface area contributed by atoms with Crippen LogP contribution in [0, 0.1) is 0 Å². The number of benzene rings is 2. The van der Waals surface area contributed by atoms with E-state index >= 15 is 0 Å². The monoisotopic (exact) mass is 524 g/mol. The van der Waals surface area contributed by atoms with Gasteiger partial charge in [-0.05, 0) is 48.5 Å². The lowest BCUT2D eigenvalue weighted by atomic mass is 10.2. The molecule has 0 aliphatic rings. The standard InChI is InChI=1S/C13H15N3O3.C13H13NO3S/c1-17-9-5-3-6-10(18-2)12(9)15-13(16-14)11-7-4-8-19-11;1-15-9-5-3-6-10(16-2)12(9)14-13(18)11-7-4-8-17-11/h3-8H,14H2,1-2H3,(H,15,16);3-8H,1-2H3,(H,14,18). The third kappa shape index (κ3) is 6.81. The maximum Gasteiger partial charge on any atom is 0.184 e. The third-order valence-corrected chi connectivity index (χ3v) is 5.23. The highest BCUT2D eigenvalue weighted by Crippen LogP contribution is 2.37. The minimum atomic E-state index is 0.382. The molecule has 4 aromatic rings. The van der Waals surface area contributed by atoms with Crippen LogP contribution in [0.4, 0.5) is 11.4 Å². The molecule has 37 heavy (non-hydrogen) atoms. The lowest BCUT2D eigenvalue weighted by molar-refractivity contribution is 0.397. The molecule has 0 amide bonds. The van der Waals surface area contributed by atoms with Crippen molar-refractivity contribution in [3.63, 3.8) is 0 Å². The van der Waals surface area contributed by atoms with Crippen molar-refractivity contribution < 1.29 is 27.8 Å². The predicted octanol–water partition coefficient (Wildman–Crippen LogP) is 4.92. The first-order valence-corrected chi connectivity index (χ1v) is 11.3. The second-order valence-electron chi connectivity index (χ2n) is 7.06. The van der Waals surface area contributed by atoms with Crippen LogP contribution in [-0.4, -0.2) is 39.3 Å². The van der Waals surface area contributed by atoms with Gasteiger partial charge in [0.15, 0.2) is 17.4 Å². The van der Waals surface area contributed by atoms with Crippen molar-refractivity contribution in [3.8, 4) is 23.0 Å². The van der Waals surface area contributed by atoms with Gasteiger partial charge in [0.1, 0.15) is 39.4 Å². The number of methoxy groups -OCH3 is 4. The molecule has 0 unspecified atom stereocenters. The first kappa shape index (κ1) is 27.1. The Kier molecular flexibility index (Phi) is 9.94. The predicted molar refractivity (Wildman–Crippen MR) is 145 cm³/mol. The van der Waals surface area contributed by atoms with Gasteiger partial charge >= 0.3 is 0 Å². The summed E-state index contributed by atoms with van der Waals surface area (Å²) in [6.45, 7) is 0. The van der Waals surface area contributed by atoms with Crippen LogP contribution in [0.25, 0.3) is 0 Å². The third-order valence-electron chi connectivity index (χ3n) is 4.93. The number of nitrogens with one attached hydrogen (secondary N) is 2. The maximum atomic E-state index is 5.47. The number of hydrazine groups is 1.